The first-order valence-electron chi connectivity index (χ1n) is 7.22. The third-order valence-electron chi connectivity index (χ3n) is 3.92. The van der Waals surface area contributed by atoms with Crippen LogP contribution in [0.5, 0.6) is 5.75 Å². The second-order valence-corrected chi connectivity index (χ2v) is 5.62. The van der Waals surface area contributed by atoms with Crippen molar-refractivity contribution >= 4 is 17.5 Å². The highest BCUT2D eigenvalue weighted by atomic mass is 35.5. The zero-order valence-electron chi connectivity index (χ0n) is 12.0. The lowest BCUT2D eigenvalue weighted by atomic mass is 9.94. The minimum absolute atomic E-state index is 0.181. The zero-order chi connectivity index (χ0) is 14.4. The summed E-state index contributed by atoms with van der Waals surface area (Å²) in [4.78, 5) is 14.0. The van der Waals surface area contributed by atoms with Crippen LogP contribution in [0, 0.1) is 0 Å². The Morgan fingerprint density at radius 3 is 2.75 bits per heavy atom. The Labute approximate surface area is 125 Å². The van der Waals surface area contributed by atoms with E-state index in [4.69, 9.17) is 16.3 Å². The number of halogens is 1. The topological polar surface area (TPSA) is 29.5 Å². The molecule has 0 spiro atoms. The maximum Gasteiger partial charge on any atom is 0.223 e. The van der Waals surface area contributed by atoms with E-state index in [0.29, 0.717) is 18.2 Å². The van der Waals surface area contributed by atoms with Crippen molar-refractivity contribution in [3.63, 3.8) is 0 Å². The van der Waals surface area contributed by atoms with Gasteiger partial charge >= 0.3 is 0 Å². The quantitative estimate of drug-likeness (QED) is 0.797. The molecule has 20 heavy (non-hydrogen) atoms. The van der Waals surface area contributed by atoms with Gasteiger partial charge in [-0.2, -0.15) is 0 Å². The molecule has 1 aromatic carbocycles. The van der Waals surface area contributed by atoms with Gasteiger partial charge in [-0.1, -0.05) is 18.6 Å². The number of benzene rings is 1. The van der Waals surface area contributed by atoms with E-state index in [1.807, 2.05) is 17.0 Å². The first kappa shape index (κ1) is 15.2. The van der Waals surface area contributed by atoms with Gasteiger partial charge in [0.1, 0.15) is 5.75 Å². The van der Waals surface area contributed by atoms with Crippen LogP contribution in [0.25, 0.3) is 0 Å². The van der Waals surface area contributed by atoms with Crippen molar-refractivity contribution in [3.8, 4) is 5.75 Å². The second kappa shape index (κ2) is 7.53. The van der Waals surface area contributed by atoms with Crippen molar-refractivity contribution in [1.29, 1.82) is 0 Å². The average molecular weight is 296 g/mol. The van der Waals surface area contributed by atoms with Crippen molar-refractivity contribution in [1.82, 2.24) is 4.90 Å². The molecule has 0 aliphatic carbocycles. The van der Waals surface area contributed by atoms with Gasteiger partial charge in [-0.05, 0) is 30.5 Å². The van der Waals surface area contributed by atoms with Crippen LogP contribution >= 0.6 is 11.6 Å². The number of ether oxygens (including phenoxy) is 1. The predicted octanol–water partition coefficient (Wildman–Crippen LogP) is 3.42. The molecule has 110 valence electrons. The first-order chi connectivity index (χ1) is 9.74. The Morgan fingerprint density at radius 2 is 2.10 bits per heavy atom. The molecule has 1 saturated heterocycles. The molecule has 1 aliphatic heterocycles. The van der Waals surface area contributed by atoms with Gasteiger partial charge in [-0.15, -0.1) is 11.6 Å². The lowest BCUT2D eigenvalue weighted by molar-refractivity contribution is -0.130. The first-order valence-corrected chi connectivity index (χ1v) is 7.75. The number of methoxy groups -OCH3 is 1. The van der Waals surface area contributed by atoms with Gasteiger partial charge < -0.3 is 9.64 Å². The summed E-state index contributed by atoms with van der Waals surface area (Å²) in [5.74, 6) is 1.88. The number of alkyl halides is 1. The Kier molecular flexibility index (Phi) is 5.72. The molecule has 1 unspecified atom stereocenters. The predicted molar refractivity (Wildman–Crippen MR) is 81.5 cm³/mol. The number of hydrogen-bond donors (Lipinski definition) is 0. The average Bonchev–Trinajstić information content (AvgIpc) is 2.74. The summed E-state index contributed by atoms with van der Waals surface area (Å²) >= 11 is 5.68. The summed E-state index contributed by atoms with van der Waals surface area (Å²) in [5.41, 5.74) is 1.29. The largest absolute Gasteiger partial charge is 0.497 e. The molecule has 1 aliphatic rings. The normalized spacial score (nSPS) is 19.5. The van der Waals surface area contributed by atoms with E-state index in [1.165, 1.54) is 12.0 Å². The Bertz CT molecular complexity index is 433. The molecule has 0 radical (unpaired) electrons. The van der Waals surface area contributed by atoms with Crippen LogP contribution in [-0.4, -0.2) is 36.9 Å². The van der Waals surface area contributed by atoms with Gasteiger partial charge in [0, 0.05) is 31.3 Å². The van der Waals surface area contributed by atoms with Crippen LogP contribution in [0.1, 0.15) is 37.2 Å². The van der Waals surface area contributed by atoms with Crippen LogP contribution in [0.4, 0.5) is 0 Å². The molecule has 1 atom stereocenters. The number of carbonyl (C=O) groups is 1. The van der Waals surface area contributed by atoms with E-state index >= 15 is 0 Å². The monoisotopic (exact) mass is 295 g/mol. The fraction of sp³-hybridized carbons (Fsp3) is 0.562. The standard InChI is InChI=1S/C16H22ClNO2/c1-20-15-7-5-13(6-8-15)14-4-2-3-11-18(12-14)16(19)9-10-17/h5-8,14H,2-4,9-12H2,1H3. The SMILES string of the molecule is COc1ccc(C2CCCCN(C(=O)CCCl)C2)cc1. The lowest BCUT2D eigenvalue weighted by Crippen LogP contribution is -2.34. The van der Waals surface area contributed by atoms with Crippen molar-refractivity contribution in [2.45, 2.75) is 31.6 Å². The number of likely N-dealkylation sites (tertiary alicyclic amines) is 1. The molecule has 1 heterocycles. The van der Waals surface area contributed by atoms with Gasteiger partial charge in [0.2, 0.25) is 5.91 Å². The molecule has 3 nitrogen and oxygen atoms in total. The van der Waals surface area contributed by atoms with E-state index in [-0.39, 0.29) is 5.91 Å². The van der Waals surface area contributed by atoms with Crippen molar-refractivity contribution < 1.29 is 9.53 Å². The Morgan fingerprint density at radius 1 is 1.35 bits per heavy atom. The molecule has 1 aromatic rings. The minimum Gasteiger partial charge on any atom is -0.497 e. The highest BCUT2D eigenvalue weighted by Crippen LogP contribution is 2.28. The van der Waals surface area contributed by atoms with E-state index in [9.17, 15) is 4.79 Å². The van der Waals surface area contributed by atoms with Crippen LogP contribution < -0.4 is 4.74 Å². The number of nitrogens with zero attached hydrogens (tertiary/aromatic N) is 1. The van der Waals surface area contributed by atoms with Gasteiger partial charge in [0.05, 0.1) is 7.11 Å². The maximum atomic E-state index is 12.0. The molecule has 0 saturated carbocycles. The fourth-order valence-electron chi connectivity index (χ4n) is 2.76. The van der Waals surface area contributed by atoms with E-state index in [1.54, 1.807) is 7.11 Å². The second-order valence-electron chi connectivity index (χ2n) is 5.24. The maximum absolute atomic E-state index is 12.0. The summed E-state index contributed by atoms with van der Waals surface area (Å²) in [5, 5.41) is 0. The number of rotatable bonds is 4. The summed E-state index contributed by atoms with van der Waals surface area (Å²) in [6, 6.07) is 8.20. The van der Waals surface area contributed by atoms with E-state index < -0.39 is 0 Å². The highest BCUT2D eigenvalue weighted by molar-refractivity contribution is 6.18. The van der Waals surface area contributed by atoms with E-state index in [0.717, 1.165) is 31.7 Å². The molecule has 1 amide bonds. The van der Waals surface area contributed by atoms with E-state index in [2.05, 4.69) is 12.1 Å². The summed E-state index contributed by atoms with van der Waals surface area (Å²) < 4.78 is 5.19. The molecule has 2 rings (SSSR count). The zero-order valence-corrected chi connectivity index (χ0v) is 12.7. The number of carbonyl (C=O) groups excluding carboxylic acids is 1. The molecular weight excluding hydrogens is 274 g/mol. The van der Waals surface area contributed by atoms with Crippen LogP contribution in [0.2, 0.25) is 0 Å². The number of amides is 1. The lowest BCUT2D eigenvalue weighted by Gasteiger charge is -2.24. The smallest absolute Gasteiger partial charge is 0.223 e. The van der Waals surface area contributed by atoms with Gasteiger partial charge in [-0.3, -0.25) is 4.79 Å². The third kappa shape index (κ3) is 3.89. The molecule has 0 bridgehead atoms. The van der Waals surface area contributed by atoms with Crippen molar-refractivity contribution in [2.24, 2.45) is 0 Å². The Balaban J connectivity index is 2.07. The van der Waals surface area contributed by atoms with Crippen LogP contribution in [-0.2, 0) is 4.79 Å². The summed E-state index contributed by atoms with van der Waals surface area (Å²) in [7, 11) is 1.67. The third-order valence-corrected chi connectivity index (χ3v) is 4.11. The summed E-state index contributed by atoms with van der Waals surface area (Å²) in [6.07, 6.45) is 3.83. The van der Waals surface area contributed by atoms with Crippen LogP contribution in [0.15, 0.2) is 24.3 Å². The molecule has 0 N–H and O–H groups in total. The minimum atomic E-state index is 0.181. The van der Waals surface area contributed by atoms with Gasteiger partial charge in [0.25, 0.3) is 0 Å². The van der Waals surface area contributed by atoms with Gasteiger partial charge in [-0.25, -0.2) is 0 Å². The highest BCUT2D eigenvalue weighted by Gasteiger charge is 2.22. The van der Waals surface area contributed by atoms with Crippen molar-refractivity contribution in [3.05, 3.63) is 29.8 Å². The van der Waals surface area contributed by atoms with Crippen LogP contribution in [0.3, 0.4) is 0 Å². The molecule has 0 aromatic heterocycles. The molecule has 1 fully saturated rings. The van der Waals surface area contributed by atoms with Crippen molar-refractivity contribution in [2.75, 3.05) is 26.1 Å². The van der Waals surface area contributed by atoms with Gasteiger partial charge in [0.15, 0.2) is 0 Å². The molecular formula is C16H22ClNO2. The summed E-state index contributed by atoms with van der Waals surface area (Å²) in [6.45, 7) is 1.67. The number of hydrogen-bond acceptors (Lipinski definition) is 2. The Hall–Kier alpha value is -1.22. The fourth-order valence-corrected chi connectivity index (χ4v) is 2.92. The molecule has 4 heteroatoms.